The van der Waals surface area contributed by atoms with Gasteiger partial charge in [0.2, 0.25) is 5.71 Å². The lowest BCUT2D eigenvalue weighted by Crippen LogP contribution is -2.37. The van der Waals surface area contributed by atoms with Gasteiger partial charge in [0.15, 0.2) is 0 Å². The molecule has 0 radical (unpaired) electrons. The molecule has 2 amide bonds. The van der Waals surface area contributed by atoms with Crippen LogP contribution in [0.2, 0.25) is 0 Å². The lowest BCUT2D eigenvalue weighted by atomic mass is 9.96. The Morgan fingerprint density at radius 2 is 1.68 bits per heavy atom. The van der Waals surface area contributed by atoms with Gasteiger partial charge in [-0.2, -0.15) is 0 Å². The van der Waals surface area contributed by atoms with E-state index in [2.05, 4.69) is 25.8 Å². The van der Waals surface area contributed by atoms with Crippen molar-refractivity contribution in [2.24, 2.45) is 0 Å². The largest absolute Gasteiger partial charge is 0.445 e. The minimum Gasteiger partial charge on any atom is -0.445 e. The average Bonchev–Trinajstić information content (AvgIpc) is 3.53. The molecule has 5 heterocycles. The molecule has 34 heavy (non-hydrogen) atoms. The molecule has 6 rings (SSSR count). The van der Waals surface area contributed by atoms with Crippen molar-refractivity contribution in [3.05, 3.63) is 66.2 Å². The van der Waals surface area contributed by atoms with Crippen LogP contribution in [0, 0.1) is 0 Å². The van der Waals surface area contributed by atoms with E-state index in [0.29, 0.717) is 27.8 Å². The second kappa shape index (κ2) is 8.55. The van der Waals surface area contributed by atoms with Crippen molar-refractivity contribution in [3.63, 3.8) is 0 Å². The highest BCUT2D eigenvalue weighted by molar-refractivity contribution is 6.50. The summed E-state index contributed by atoms with van der Waals surface area (Å²) in [6, 6.07) is 11.6. The SMILES string of the molecule is O=C1NC(=O)C(c2cn(CCCN3CCOCC3)c3ccccc23)=C1c1coc2ncccc12. The number of aromatic nitrogens is 2. The minimum atomic E-state index is -0.421. The highest BCUT2D eigenvalue weighted by Crippen LogP contribution is 2.38. The number of imide groups is 1. The number of hydrogen-bond acceptors (Lipinski definition) is 6. The van der Waals surface area contributed by atoms with Crippen LogP contribution in [0.3, 0.4) is 0 Å². The number of fused-ring (bicyclic) bond motifs is 2. The molecule has 3 aromatic heterocycles. The first-order valence-corrected chi connectivity index (χ1v) is 11.5. The molecule has 2 aliphatic rings. The molecule has 172 valence electrons. The van der Waals surface area contributed by atoms with Gasteiger partial charge in [-0.15, -0.1) is 0 Å². The van der Waals surface area contributed by atoms with Gasteiger partial charge in [-0.3, -0.25) is 19.8 Å². The second-order valence-corrected chi connectivity index (χ2v) is 8.60. The number of carbonyl (C=O) groups is 2. The van der Waals surface area contributed by atoms with Crippen molar-refractivity contribution >= 4 is 45.0 Å². The third-order valence-corrected chi connectivity index (χ3v) is 6.59. The monoisotopic (exact) mass is 456 g/mol. The Bertz CT molecular complexity index is 1440. The fraction of sp³-hybridized carbons (Fsp3) is 0.269. The molecule has 2 aliphatic heterocycles. The van der Waals surface area contributed by atoms with Gasteiger partial charge in [0, 0.05) is 66.0 Å². The van der Waals surface area contributed by atoms with Gasteiger partial charge in [0.25, 0.3) is 11.8 Å². The van der Waals surface area contributed by atoms with Crippen LogP contribution in [0.4, 0.5) is 0 Å². The van der Waals surface area contributed by atoms with Crippen molar-refractivity contribution in [2.45, 2.75) is 13.0 Å². The lowest BCUT2D eigenvalue weighted by molar-refractivity contribution is -0.122. The fourth-order valence-corrected chi connectivity index (χ4v) is 4.95. The van der Waals surface area contributed by atoms with Crippen LogP contribution in [-0.2, 0) is 20.9 Å². The molecular formula is C26H24N4O4. The van der Waals surface area contributed by atoms with Gasteiger partial charge in [0.1, 0.15) is 6.26 Å². The summed E-state index contributed by atoms with van der Waals surface area (Å²) in [5.41, 5.74) is 3.50. The third-order valence-electron chi connectivity index (χ3n) is 6.59. The number of furan rings is 1. The summed E-state index contributed by atoms with van der Waals surface area (Å²) in [6.07, 6.45) is 6.12. The van der Waals surface area contributed by atoms with Gasteiger partial charge < -0.3 is 13.7 Å². The number of carbonyl (C=O) groups excluding carboxylic acids is 2. The fourth-order valence-electron chi connectivity index (χ4n) is 4.95. The first-order valence-electron chi connectivity index (χ1n) is 11.5. The maximum atomic E-state index is 13.0. The number of para-hydroxylation sites is 1. The maximum absolute atomic E-state index is 13.0. The Kier molecular flexibility index (Phi) is 5.24. The summed E-state index contributed by atoms with van der Waals surface area (Å²) in [5, 5.41) is 4.13. The summed E-state index contributed by atoms with van der Waals surface area (Å²) in [7, 11) is 0. The van der Waals surface area contributed by atoms with Gasteiger partial charge >= 0.3 is 0 Å². The van der Waals surface area contributed by atoms with Crippen LogP contribution >= 0.6 is 0 Å². The van der Waals surface area contributed by atoms with Crippen LogP contribution in [0.1, 0.15) is 17.5 Å². The summed E-state index contributed by atoms with van der Waals surface area (Å²) in [4.78, 5) is 32.6. The van der Waals surface area contributed by atoms with Gasteiger partial charge in [-0.25, -0.2) is 4.98 Å². The number of morpholine rings is 1. The molecule has 0 unspecified atom stereocenters. The minimum absolute atomic E-state index is 0.327. The molecule has 0 saturated carbocycles. The second-order valence-electron chi connectivity index (χ2n) is 8.60. The van der Waals surface area contributed by atoms with Crippen LogP contribution in [0.5, 0.6) is 0 Å². The van der Waals surface area contributed by atoms with E-state index in [4.69, 9.17) is 9.15 Å². The number of rotatable bonds is 6. The van der Waals surface area contributed by atoms with Gasteiger partial charge in [-0.05, 0) is 24.6 Å². The van der Waals surface area contributed by atoms with Crippen molar-refractivity contribution in [2.75, 3.05) is 32.8 Å². The zero-order chi connectivity index (χ0) is 23.1. The molecule has 1 N–H and O–H groups in total. The van der Waals surface area contributed by atoms with Crippen LogP contribution in [0.25, 0.3) is 33.1 Å². The van der Waals surface area contributed by atoms with E-state index >= 15 is 0 Å². The van der Waals surface area contributed by atoms with Crippen LogP contribution < -0.4 is 5.32 Å². The average molecular weight is 457 g/mol. The maximum Gasteiger partial charge on any atom is 0.259 e. The predicted molar refractivity (Wildman–Crippen MR) is 128 cm³/mol. The van der Waals surface area contributed by atoms with Crippen LogP contribution in [-0.4, -0.2) is 59.1 Å². The Hall–Kier alpha value is -3.75. The molecule has 8 heteroatoms. The third kappa shape index (κ3) is 3.52. The normalized spacial score (nSPS) is 17.3. The number of pyridine rings is 1. The lowest BCUT2D eigenvalue weighted by Gasteiger charge is -2.26. The molecule has 8 nitrogen and oxygen atoms in total. The summed E-state index contributed by atoms with van der Waals surface area (Å²) in [6.45, 7) is 5.30. The Balaban J connectivity index is 1.42. The van der Waals surface area contributed by atoms with Gasteiger partial charge in [-0.1, -0.05) is 18.2 Å². The van der Waals surface area contributed by atoms with E-state index in [0.717, 1.165) is 62.3 Å². The van der Waals surface area contributed by atoms with Crippen molar-refractivity contribution in [1.29, 1.82) is 0 Å². The van der Waals surface area contributed by atoms with E-state index in [1.165, 1.54) is 6.26 Å². The number of benzene rings is 1. The summed E-state index contributed by atoms with van der Waals surface area (Å²) >= 11 is 0. The van der Waals surface area contributed by atoms with Crippen molar-refractivity contribution in [3.8, 4) is 0 Å². The number of nitrogens with one attached hydrogen (secondary N) is 1. The smallest absolute Gasteiger partial charge is 0.259 e. The van der Waals surface area contributed by atoms with Gasteiger partial charge in [0.05, 0.1) is 24.4 Å². The van der Waals surface area contributed by atoms with Crippen LogP contribution in [0.15, 0.2) is 59.5 Å². The molecular weight excluding hydrogens is 432 g/mol. The number of amides is 2. The molecule has 1 fully saturated rings. The molecule has 0 atom stereocenters. The topological polar surface area (TPSA) is 89.6 Å². The molecule has 1 saturated heterocycles. The van der Waals surface area contributed by atoms with E-state index in [1.807, 2.05) is 30.5 Å². The van der Waals surface area contributed by atoms with Crippen molar-refractivity contribution in [1.82, 2.24) is 19.8 Å². The zero-order valence-corrected chi connectivity index (χ0v) is 18.6. The molecule has 0 aliphatic carbocycles. The number of ether oxygens (including phenoxy) is 1. The van der Waals surface area contributed by atoms with E-state index < -0.39 is 11.8 Å². The van der Waals surface area contributed by atoms with Crippen molar-refractivity contribution < 1.29 is 18.7 Å². The predicted octanol–water partition coefficient (Wildman–Crippen LogP) is 3.07. The molecule has 1 aromatic carbocycles. The Morgan fingerprint density at radius 3 is 2.53 bits per heavy atom. The molecule has 0 spiro atoms. The number of hydrogen-bond donors (Lipinski definition) is 1. The molecule has 4 aromatic rings. The van der Waals surface area contributed by atoms with E-state index in [1.54, 1.807) is 12.3 Å². The highest BCUT2D eigenvalue weighted by Gasteiger charge is 2.35. The standard InChI is InChI=1S/C26H24N4O4/c31-24-22(23(25(32)28-24)20-16-34-26-18(20)6-3-8-27-26)19-15-30(21-7-2-1-5-17(19)21)10-4-9-29-11-13-33-14-12-29/h1-3,5-8,15-16H,4,9-14H2,(H,28,31,32). The first kappa shape index (κ1) is 20.8. The van der Waals surface area contributed by atoms with E-state index in [9.17, 15) is 9.59 Å². The van der Waals surface area contributed by atoms with E-state index in [-0.39, 0.29) is 0 Å². The first-order chi connectivity index (χ1) is 16.7. The highest BCUT2D eigenvalue weighted by atomic mass is 16.5. The number of nitrogens with zero attached hydrogens (tertiary/aromatic N) is 3. The molecule has 0 bridgehead atoms. The summed E-state index contributed by atoms with van der Waals surface area (Å²) in [5.74, 6) is -0.815. The Labute approximate surface area is 195 Å². The quantitative estimate of drug-likeness (QED) is 0.449. The Morgan fingerprint density at radius 1 is 0.912 bits per heavy atom. The number of aryl methyl sites for hydroxylation is 1. The zero-order valence-electron chi connectivity index (χ0n) is 18.6. The summed E-state index contributed by atoms with van der Waals surface area (Å²) < 4.78 is 13.2.